The Balaban J connectivity index is 3.00. The molecule has 0 N–H and O–H groups in total. The summed E-state index contributed by atoms with van der Waals surface area (Å²) in [6.45, 7) is 5.94. The Hall–Kier alpha value is -0.520. The van der Waals surface area contributed by atoms with Crippen LogP contribution < -0.4 is 0 Å². The third-order valence-corrected chi connectivity index (χ3v) is 3.05. The Morgan fingerprint density at radius 1 is 0.706 bits per heavy atom. The molecular formula is C17H31. The Bertz CT molecular complexity index is 176. The largest absolute Gasteiger partial charge is 0.0914 e. The van der Waals surface area contributed by atoms with Gasteiger partial charge in [-0.25, -0.2) is 0 Å². The van der Waals surface area contributed by atoms with E-state index in [1.54, 1.807) is 0 Å². The highest BCUT2D eigenvalue weighted by molar-refractivity contribution is 4.91. The maximum absolute atomic E-state index is 3.87. The zero-order valence-electron chi connectivity index (χ0n) is 11.8. The average molecular weight is 235 g/mol. The van der Waals surface area contributed by atoms with Gasteiger partial charge in [0.1, 0.15) is 0 Å². The van der Waals surface area contributed by atoms with Crippen molar-refractivity contribution in [2.45, 2.75) is 77.6 Å². The first-order valence-electron chi connectivity index (χ1n) is 7.47. The first-order chi connectivity index (χ1) is 8.41. The molecule has 0 heterocycles. The van der Waals surface area contributed by atoms with Crippen molar-refractivity contribution in [3.8, 4) is 0 Å². The number of unbranched alkanes of at least 4 members (excludes halogenated alkanes) is 9. The van der Waals surface area contributed by atoms with Crippen LogP contribution in [0.4, 0.5) is 0 Å². The van der Waals surface area contributed by atoms with Crippen LogP contribution in [-0.4, -0.2) is 0 Å². The molecule has 0 aromatic carbocycles. The van der Waals surface area contributed by atoms with Gasteiger partial charge in [0.05, 0.1) is 0 Å². The van der Waals surface area contributed by atoms with Crippen molar-refractivity contribution < 1.29 is 0 Å². The summed E-state index contributed by atoms with van der Waals surface area (Å²) in [5.74, 6) is 0. The standard InChI is InChI=1S/C17H31/c1-3-5-7-9-11-13-15-17-16-14-12-10-8-6-4-2/h4,6,10,12H,1,3,5,7-9,11,13-17H2,2H3/b6-4+,12-10+. The average Bonchev–Trinajstić information content (AvgIpc) is 2.35. The van der Waals surface area contributed by atoms with Gasteiger partial charge in [-0.3, -0.25) is 0 Å². The number of rotatable bonds is 12. The van der Waals surface area contributed by atoms with Crippen molar-refractivity contribution in [2.24, 2.45) is 0 Å². The fourth-order valence-electron chi connectivity index (χ4n) is 1.93. The zero-order valence-corrected chi connectivity index (χ0v) is 11.8. The molecule has 0 aliphatic carbocycles. The van der Waals surface area contributed by atoms with Crippen LogP contribution in [0.3, 0.4) is 0 Å². The van der Waals surface area contributed by atoms with Gasteiger partial charge in [-0.1, -0.05) is 82.6 Å². The second kappa shape index (κ2) is 15.5. The highest BCUT2D eigenvalue weighted by atomic mass is 14.0. The lowest BCUT2D eigenvalue weighted by Gasteiger charge is -2.00. The molecule has 0 saturated carbocycles. The van der Waals surface area contributed by atoms with E-state index in [-0.39, 0.29) is 0 Å². The second-order valence-corrected chi connectivity index (χ2v) is 4.75. The highest BCUT2D eigenvalue weighted by Gasteiger charge is 1.90. The first-order valence-corrected chi connectivity index (χ1v) is 7.47. The van der Waals surface area contributed by atoms with Crippen molar-refractivity contribution in [1.29, 1.82) is 0 Å². The molecule has 1 radical (unpaired) electrons. The molecule has 17 heavy (non-hydrogen) atoms. The van der Waals surface area contributed by atoms with E-state index in [0.717, 1.165) is 12.8 Å². The summed E-state index contributed by atoms with van der Waals surface area (Å²) in [5.41, 5.74) is 0. The molecule has 0 fully saturated rings. The van der Waals surface area contributed by atoms with E-state index in [9.17, 15) is 0 Å². The van der Waals surface area contributed by atoms with Gasteiger partial charge in [-0.15, -0.1) is 0 Å². The molecule has 0 heteroatoms. The van der Waals surface area contributed by atoms with Crippen LogP contribution in [-0.2, 0) is 0 Å². The molecule has 0 aromatic rings. The summed E-state index contributed by atoms with van der Waals surface area (Å²) in [6, 6.07) is 0. The Morgan fingerprint density at radius 2 is 1.29 bits per heavy atom. The molecule has 0 aliphatic rings. The minimum Gasteiger partial charge on any atom is -0.0914 e. The summed E-state index contributed by atoms with van der Waals surface area (Å²) in [7, 11) is 0. The fraction of sp³-hybridized carbons (Fsp3) is 0.706. The minimum absolute atomic E-state index is 1.10. The van der Waals surface area contributed by atoms with Crippen LogP contribution in [0.15, 0.2) is 24.3 Å². The van der Waals surface area contributed by atoms with E-state index in [2.05, 4.69) is 38.2 Å². The minimum atomic E-state index is 1.10. The molecule has 0 amide bonds. The van der Waals surface area contributed by atoms with Crippen LogP contribution in [0.5, 0.6) is 0 Å². The SMILES string of the molecule is [CH2]CCCCCCCCCC/C=C/C/C=C/C. The second-order valence-electron chi connectivity index (χ2n) is 4.75. The Kier molecular flexibility index (Phi) is 15.0. The lowest BCUT2D eigenvalue weighted by Crippen LogP contribution is -1.80. The molecule has 0 nitrogen and oxygen atoms in total. The summed E-state index contributed by atoms with van der Waals surface area (Å²) >= 11 is 0. The van der Waals surface area contributed by atoms with Crippen LogP contribution in [0.2, 0.25) is 0 Å². The van der Waals surface area contributed by atoms with E-state index in [1.807, 2.05) is 0 Å². The summed E-state index contributed by atoms with van der Waals surface area (Å²) in [6.07, 6.45) is 23.6. The maximum atomic E-state index is 3.87. The van der Waals surface area contributed by atoms with E-state index in [1.165, 1.54) is 57.8 Å². The van der Waals surface area contributed by atoms with Crippen molar-refractivity contribution in [3.05, 3.63) is 31.2 Å². The molecule has 0 aromatic heterocycles. The normalized spacial score (nSPS) is 11.9. The summed E-state index contributed by atoms with van der Waals surface area (Å²) in [5, 5.41) is 0. The van der Waals surface area contributed by atoms with Gasteiger partial charge < -0.3 is 0 Å². The Labute approximate surface area is 109 Å². The highest BCUT2D eigenvalue weighted by Crippen LogP contribution is 2.10. The fourth-order valence-corrected chi connectivity index (χ4v) is 1.93. The number of allylic oxidation sites excluding steroid dienone is 4. The van der Waals surface area contributed by atoms with Crippen molar-refractivity contribution in [1.82, 2.24) is 0 Å². The third kappa shape index (κ3) is 15.5. The van der Waals surface area contributed by atoms with Gasteiger partial charge >= 0.3 is 0 Å². The van der Waals surface area contributed by atoms with Crippen molar-refractivity contribution in [3.63, 3.8) is 0 Å². The Morgan fingerprint density at radius 3 is 1.88 bits per heavy atom. The molecular weight excluding hydrogens is 204 g/mol. The van der Waals surface area contributed by atoms with Gasteiger partial charge in [0, 0.05) is 0 Å². The van der Waals surface area contributed by atoms with E-state index in [0.29, 0.717) is 0 Å². The monoisotopic (exact) mass is 235 g/mol. The predicted octanol–water partition coefficient (Wildman–Crippen LogP) is 6.24. The predicted molar refractivity (Wildman–Crippen MR) is 80.1 cm³/mol. The zero-order chi connectivity index (χ0) is 12.6. The maximum Gasteiger partial charge on any atom is -0.0169 e. The molecule has 0 spiro atoms. The van der Waals surface area contributed by atoms with Crippen molar-refractivity contribution >= 4 is 0 Å². The summed E-state index contributed by atoms with van der Waals surface area (Å²) < 4.78 is 0. The number of hydrogen-bond donors (Lipinski definition) is 0. The van der Waals surface area contributed by atoms with Crippen LogP contribution >= 0.6 is 0 Å². The lowest BCUT2D eigenvalue weighted by atomic mass is 10.1. The van der Waals surface area contributed by atoms with Crippen LogP contribution in [0.1, 0.15) is 77.6 Å². The topological polar surface area (TPSA) is 0 Å². The van der Waals surface area contributed by atoms with Gasteiger partial charge in [-0.05, 0) is 26.2 Å². The van der Waals surface area contributed by atoms with Crippen LogP contribution in [0.25, 0.3) is 0 Å². The smallest absolute Gasteiger partial charge is 0.0169 e. The number of hydrogen-bond acceptors (Lipinski definition) is 0. The van der Waals surface area contributed by atoms with Gasteiger partial charge in [0.25, 0.3) is 0 Å². The molecule has 0 unspecified atom stereocenters. The quantitative estimate of drug-likeness (QED) is 0.277. The molecule has 0 rings (SSSR count). The first kappa shape index (κ1) is 16.5. The summed E-state index contributed by atoms with van der Waals surface area (Å²) in [4.78, 5) is 0. The van der Waals surface area contributed by atoms with E-state index < -0.39 is 0 Å². The third-order valence-electron chi connectivity index (χ3n) is 3.05. The molecule has 0 atom stereocenters. The molecule has 0 bridgehead atoms. The van der Waals surface area contributed by atoms with E-state index in [4.69, 9.17) is 0 Å². The van der Waals surface area contributed by atoms with Gasteiger partial charge in [-0.2, -0.15) is 0 Å². The van der Waals surface area contributed by atoms with Gasteiger partial charge in [0.2, 0.25) is 0 Å². The van der Waals surface area contributed by atoms with Crippen molar-refractivity contribution in [2.75, 3.05) is 0 Å². The molecule has 0 aliphatic heterocycles. The van der Waals surface area contributed by atoms with E-state index >= 15 is 0 Å². The van der Waals surface area contributed by atoms with Crippen LogP contribution in [0, 0.1) is 6.92 Å². The lowest BCUT2D eigenvalue weighted by molar-refractivity contribution is 0.571. The molecule has 99 valence electrons. The van der Waals surface area contributed by atoms with Gasteiger partial charge in [0.15, 0.2) is 0 Å². The molecule has 0 saturated heterocycles.